The standard InChI is InChI=1S/C11H11ClF4N2O2/c1-18(5-9(19)11(14,15)16)10(20)17-6-2-3-7(12)8(13)4-6/h2-4,9,19H,5H2,1H3,(H,17,20). The molecule has 9 heteroatoms. The number of carbonyl (C=O) groups is 1. The molecule has 0 aliphatic heterocycles. The van der Waals surface area contributed by atoms with Gasteiger partial charge in [-0.3, -0.25) is 0 Å². The van der Waals surface area contributed by atoms with Crippen LogP contribution >= 0.6 is 11.6 Å². The minimum Gasteiger partial charge on any atom is -0.382 e. The number of nitrogens with one attached hydrogen (secondary N) is 1. The van der Waals surface area contributed by atoms with Gasteiger partial charge in [-0.2, -0.15) is 13.2 Å². The van der Waals surface area contributed by atoms with Crippen molar-refractivity contribution < 1.29 is 27.5 Å². The van der Waals surface area contributed by atoms with E-state index in [-0.39, 0.29) is 10.7 Å². The van der Waals surface area contributed by atoms with E-state index in [0.717, 1.165) is 13.1 Å². The van der Waals surface area contributed by atoms with Gasteiger partial charge in [0.1, 0.15) is 5.82 Å². The molecule has 1 aromatic rings. The summed E-state index contributed by atoms with van der Waals surface area (Å²) in [4.78, 5) is 12.2. The van der Waals surface area contributed by atoms with Crippen LogP contribution in [0, 0.1) is 5.82 Å². The molecule has 0 aliphatic rings. The van der Waals surface area contributed by atoms with E-state index in [4.69, 9.17) is 16.7 Å². The average Bonchev–Trinajstić information content (AvgIpc) is 2.32. The predicted molar refractivity (Wildman–Crippen MR) is 65.1 cm³/mol. The first-order valence-corrected chi connectivity index (χ1v) is 5.71. The molecule has 20 heavy (non-hydrogen) atoms. The van der Waals surface area contributed by atoms with Crippen molar-refractivity contribution in [3.63, 3.8) is 0 Å². The Labute approximate surface area is 116 Å². The van der Waals surface area contributed by atoms with Gasteiger partial charge >= 0.3 is 12.2 Å². The van der Waals surface area contributed by atoms with Crippen molar-refractivity contribution in [3.05, 3.63) is 29.0 Å². The first-order valence-electron chi connectivity index (χ1n) is 5.33. The minimum atomic E-state index is -4.82. The van der Waals surface area contributed by atoms with Gasteiger partial charge in [0.2, 0.25) is 0 Å². The summed E-state index contributed by atoms with van der Waals surface area (Å²) in [5.41, 5.74) is 0.0326. The monoisotopic (exact) mass is 314 g/mol. The number of aliphatic hydroxyl groups excluding tert-OH is 1. The third kappa shape index (κ3) is 4.53. The number of anilines is 1. The molecule has 1 atom stereocenters. The van der Waals surface area contributed by atoms with Crippen LogP contribution in [0.1, 0.15) is 0 Å². The average molecular weight is 315 g/mol. The zero-order chi connectivity index (χ0) is 15.5. The quantitative estimate of drug-likeness (QED) is 0.843. The first-order chi connectivity index (χ1) is 9.11. The number of rotatable bonds is 3. The molecule has 0 bridgehead atoms. The largest absolute Gasteiger partial charge is 0.416 e. The maximum Gasteiger partial charge on any atom is 0.416 e. The summed E-state index contributed by atoms with van der Waals surface area (Å²) < 4.78 is 49.5. The number of aliphatic hydroxyl groups is 1. The van der Waals surface area contributed by atoms with Gasteiger partial charge in [0, 0.05) is 12.7 Å². The number of likely N-dealkylation sites (N-methyl/N-ethyl adjacent to an activating group) is 1. The summed E-state index contributed by atoms with van der Waals surface area (Å²) in [5.74, 6) is -0.776. The van der Waals surface area contributed by atoms with E-state index in [1.54, 1.807) is 0 Å². The summed E-state index contributed by atoms with van der Waals surface area (Å²) in [6.07, 6.45) is -7.47. The number of hydrogen-bond acceptors (Lipinski definition) is 2. The lowest BCUT2D eigenvalue weighted by Gasteiger charge is -2.22. The van der Waals surface area contributed by atoms with Gasteiger partial charge in [0.15, 0.2) is 6.10 Å². The minimum absolute atomic E-state index is 0.0326. The third-order valence-corrected chi connectivity index (χ3v) is 2.65. The second kappa shape index (κ2) is 6.27. The SMILES string of the molecule is CN(CC(O)C(F)(F)F)C(=O)Nc1ccc(Cl)c(F)c1. The molecule has 1 rings (SSSR count). The van der Waals surface area contributed by atoms with Gasteiger partial charge < -0.3 is 15.3 Å². The Bertz CT molecular complexity index is 496. The molecule has 4 nitrogen and oxygen atoms in total. The van der Waals surface area contributed by atoms with Crippen molar-refractivity contribution in [2.45, 2.75) is 12.3 Å². The lowest BCUT2D eigenvalue weighted by atomic mass is 10.3. The number of nitrogens with zero attached hydrogens (tertiary/aromatic N) is 1. The fraction of sp³-hybridized carbons (Fsp3) is 0.364. The third-order valence-electron chi connectivity index (χ3n) is 2.34. The molecule has 1 unspecified atom stereocenters. The molecule has 112 valence electrons. The smallest absolute Gasteiger partial charge is 0.382 e. The van der Waals surface area contributed by atoms with Crippen molar-refractivity contribution in [3.8, 4) is 0 Å². The van der Waals surface area contributed by atoms with E-state index in [1.165, 1.54) is 12.1 Å². The fourth-order valence-electron chi connectivity index (χ4n) is 1.24. The molecule has 1 aromatic carbocycles. The molecule has 2 N–H and O–H groups in total. The van der Waals surface area contributed by atoms with Gasteiger partial charge in [-0.05, 0) is 18.2 Å². The van der Waals surface area contributed by atoms with Gasteiger partial charge in [-0.15, -0.1) is 0 Å². The number of urea groups is 1. The van der Waals surface area contributed by atoms with Gasteiger partial charge in [0.25, 0.3) is 0 Å². The Morgan fingerprint density at radius 2 is 2.10 bits per heavy atom. The summed E-state index contributed by atoms with van der Waals surface area (Å²) in [5, 5.41) is 10.9. The van der Waals surface area contributed by atoms with Crippen molar-refractivity contribution in [1.29, 1.82) is 0 Å². The summed E-state index contributed by atoms with van der Waals surface area (Å²) in [6.45, 7) is -0.939. The molecular weight excluding hydrogens is 304 g/mol. The summed E-state index contributed by atoms with van der Waals surface area (Å²) >= 11 is 5.44. The maximum absolute atomic E-state index is 13.1. The van der Waals surface area contributed by atoms with Crippen molar-refractivity contribution in [1.82, 2.24) is 4.90 Å². The van der Waals surface area contributed by atoms with Gasteiger partial charge in [-0.1, -0.05) is 11.6 Å². The van der Waals surface area contributed by atoms with Crippen LogP contribution in [0.15, 0.2) is 18.2 Å². The molecule has 0 aromatic heterocycles. The van der Waals surface area contributed by atoms with Crippen molar-refractivity contribution in [2.24, 2.45) is 0 Å². The molecule has 0 saturated heterocycles. The number of benzene rings is 1. The molecule has 2 amide bonds. The second-order valence-corrected chi connectivity index (χ2v) is 4.40. The zero-order valence-electron chi connectivity index (χ0n) is 10.2. The van der Waals surface area contributed by atoms with E-state index in [2.05, 4.69) is 5.32 Å². The summed E-state index contributed by atoms with van der Waals surface area (Å²) in [7, 11) is 1.07. The van der Waals surface area contributed by atoms with Crippen LogP contribution in [-0.2, 0) is 0 Å². The topological polar surface area (TPSA) is 52.6 Å². The number of hydrogen-bond donors (Lipinski definition) is 2. The number of halogens is 5. The Morgan fingerprint density at radius 1 is 1.50 bits per heavy atom. The first kappa shape index (κ1) is 16.5. The highest BCUT2D eigenvalue weighted by Gasteiger charge is 2.39. The van der Waals surface area contributed by atoms with Crippen molar-refractivity contribution >= 4 is 23.3 Å². The van der Waals surface area contributed by atoms with Crippen LogP contribution in [0.4, 0.5) is 28.0 Å². The summed E-state index contributed by atoms with van der Waals surface area (Å²) in [6, 6.07) is 2.48. The van der Waals surface area contributed by atoms with E-state index < -0.39 is 30.7 Å². The predicted octanol–water partition coefficient (Wildman–Crippen LogP) is 2.87. The fourth-order valence-corrected chi connectivity index (χ4v) is 1.36. The highest BCUT2D eigenvalue weighted by molar-refractivity contribution is 6.30. The molecule has 0 aliphatic carbocycles. The Kier molecular flexibility index (Phi) is 5.18. The van der Waals surface area contributed by atoms with Crippen LogP contribution in [0.25, 0.3) is 0 Å². The highest BCUT2D eigenvalue weighted by Crippen LogP contribution is 2.21. The number of carbonyl (C=O) groups excluding carboxylic acids is 1. The molecule has 0 radical (unpaired) electrons. The van der Waals surface area contributed by atoms with E-state index in [1.807, 2.05) is 0 Å². The maximum atomic E-state index is 13.1. The van der Waals surface area contributed by atoms with Crippen LogP contribution in [0.2, 0.25) is 5.02 Å². The van der Waals surface area contributed by atoms with E-state index >= 15 is 0 Å². The number of alkyl halides is 3. The molecular formula is C11H11ClF4N2O2. The molecule has 0 heterocycles. The lowest BCUT2D eigenvalue weighted by molar-refractivity contribution is -0.205. The molecule has 0 saturated carbocycles. The van der Waals surface area contributed by atoms with Gasteiger partial charge in [-0.25, -0.2) is 9.18 Å². The van der Waals surface area contributed by atoms with Crippen LogP contribution < -0.4 is 5.32 Å². The molecule has 0 fully saturated rings. The van der Waals surface area contributed by atoms with Crippen LogP contribution in [-0.4, -0.2) is 41.9 Å². The highest BCUT2D eigenvalue weighted by atomic mass is 35.5. The van der Waals surface area contributed by atoms with Crippen molar-refractivity contribution in [2.75, 3.05) is 18.9 Å². The van der Waals surface area contributed by atoms with Crippen LogP contribution in [0.3, 0.4) is 0 Å². The zero-order valence-corrected chi connectivity index (χ0v) is 11.0. The molecule has 0 spiro atoms. The number of amides is 2. The van der Waals surface area contributed by atoms with Crippen LogP contribution in [0.5, 0.6) is 0 Å². The lowest BCUT2D eigenvalue weighted by Crippen LogP contribution is -2.43. The second-order valence-electron chi connectivity index (χ2n) is 4.00. The Balaban J connectivity index is 2.64. The van der Waals surface area contributed by atoms with Gasteiger partial charge in [0.05, 0.1) is 11.6 Å². The van der Waals surface area contributed by atoms with E-state index in [9.17, 15) is 22.4 Å². The Hall–Kier alpha value is -1.54. The Morgan fingerprint density at radius 3 is 2.60 bits per heavy atom. The van der Waals surface area contributed by atoms with E-state index in [0.29, 0.717) is 4.90 Å². The normalized spacial score (nSPS) is 12.9.